The fourth-order valence-corrected chi connectivity index (χ4v) is 12.4. The molecule has 4 aliphatic rings. The van der Waals surface area contributed by atoms with E-state index >= 15 is 0 Å². The molecule has 11 aromatic rings. The van der Waals surface area contributed by atoms with E-state index in [0.29, 0.717) is 0 Å². The van der Waals surface area contributed by atoms with Crippen LogP contribution in [0, 0.1) is 0 Å². The predicted octanol–water partition coefficient (Wildman–Crippen LogP) is 11.0. The van der Waals surface area contributed by atoms with Crippen molar-refractivity contribution in [2.24, 2.45) is 0 Å². The van der Waals surface area contributed by atoms with Gasteiger partial charge in [0.05, 0.1) is 22.1 Å². The van der Waals surface area contributed by atoms with Gasteiger partial charge in [0.2, 0.25) is 0 Å². The minimum absolute atomic E-state index is 0.0395. The van der Waals surface area contributed by atoms with Gasteiger partial charge in [-0.05, 0) is 77.7 Å². The molecule has 3 aliphatic heterocycles. The summed E-state index contributed by atoms with van der Waals surface area (Å²) >= 11 is 0. The van der Waals surface area contributed by atoms with E-state index in [2.05, 4.69) is 197 Å². The molecule has 0 radical (unpaired) electrons. The topological polar surface area (TPSA) is 9.86 Å². The standard InChI is InChI=1S/C55H31BN2/c1-3-15-32(16-4-1)47-48-35-20-8-7-19-34(35)31-45-54(48)57(50(47)33-17-5-2-6-18-33)46-30-29-43-53-49(46)56(45)44-28-14-24-39-38-23-13-27-42(51(38)58(53)52(39)44)55(43)40-25-11-9-21-36(40)37-22-10-12-26-41(37)55/h1-31H. The highest BCUT2D eigenvalue weighted by Gasteiger charge is 2.54. The van der Waals surface area contributed by atoms with Crippen LogP contribution in [0.5, 0.6) is 0 Å². The number of para-hydroxylation sites is 2. The maximum Gasteiger partial charge on any atom is 0.252 e. The summed E-state index contributed by atoms with van der Waals surface area (Å²) in [7, 11) is 0. The third-order valence-corrected chi connectivity index (χ3v) is 14.3. The minimum Gasteiger partial charge on any atom is -0.310 e. The van der Waals surface area contributed by atoms with Gasteiger partial charge in [-0.25, -0.2) is 0 Å². The largest absolute Gasteiger partial charge is 0.310 e. The van der Waals surface area contributed by atoms with Crippen molar-refractivity contribution < 1.29 is 0 Å². The summed E-state index contributed by atoms with van der Waals surface area (Å²) in [6, 6.07) is 71.4. The fraction of sp³-hybridized carbons (Fsp3) is 0.0182. The van der Waals surface area contributed by atoms with Crippen LogP contribution in [0.25, 0.3) is 88.4 Å². The first-order valence-electron chi connectivity index (χ1n) is 20.5. The van der Waals surface area contributed by atoms with Crippen molar-refractivity contribution in [1.29, 1.82) is 0 Å². The molecule has 9 aromatic carbocycles. The van der Waals surface area contributed by atoms with Gasteiger partial charge in [-0.2, -0.15) is 0 Å². The van der Waals surface area contributed by atoms with E-state index in [1.165, 1.54) is 127 Å². The lowest BCUT2D eigenvalue weighted by Crippen LogP contribution is -2.60. The zero-order valence-corrected chi connectivity index (χ0v) is 31.4. The van der Waals surface area contributed by atoms with E-state index < -0.39 is 5.41 Å². The summed E-state index contributed by atoms with van der Waals surface area (Å²) in [5, 5.41) is 6.57. The van der Waals surface area contributed by atoms with Crippen molar-refractivity contribution in [1.82, 2.24) is 9.13 Å². The SMILES string of the molecule is c1ccc(-c2c(-c3ccccc3)n3c4c(cc5ccccc5c24)B2c4c-3ccc3c4-n4c5c2cccc5c2cccc(c24)C32c3ccccc3-c3ccccc32)cc1. The lowest BCUT2D eigenvalue weighted by Gasteiger charge is -2.44. The molecule has 264 valence electrons. The second-order valence-corrected chi connectivity index (χ2v) is 16.7. The molecule has 2 nitrogen and oxygen atoms in total. The van der Waals surface area contributed by atoms with Gasteiger partial charge >= 0.3 is 0 Å². The van der Waals surface area contributed by atoms with Crippen molar-refractivity contribution in [3.63, 3.8) is 0 Å². The number of hydrogen-bond donors (Lipinski definition) is 0. The number of rotatable bonds is 2. The Bertz CT molecular complexity index is 3640. The molecule has 58 heavy (non-hydrogen) atoms. The van der Waals surface area contributed by atoms with Gasteiger partial charge in [0.1, 0.15) is 0 Å². The quantitative estimate of drug-likeness (QED) is 0.157. The Labute approximate surface area is 335 Å². The smallest absolute Gasteiger partial charge is 0.252 e. The van der Waals surface area contributed by atoms with E-state index in [1.54, 1.807) is 0 Å². The Hall–Kier alpha value is -7.36. The van der Waals surface area contributed by atoms with Crippen molar-refractivity contribution in [2.45, 2.75) is 5.41 Å². The molecule has 0 atom stereocenters. The molecule has 15 rings (SSSR count). The van der Waals surface area contributed by atoms with Crippen LogP contribution in [0.1, 0.15) is 22.3 Å². The van der Waals surface area contributed by atoms with E-state index in [9.17, 15) is 0 Å². The predicted molar refractivity (Wildman–Crippen MR) is 242 cm³/mol. The van der Waals surface area contributed by atoms with Crippen LogP contribution < -0.4 is 16.4 Å². The second-order valence-electron chi connectivity index (χ2n) is 16.7. The second kappa shape index (κ2) is 10.1. The van der Waals surface area contributed by atoms with Crippen LogP contribution in [0.2, 0.25) is 0 Å². The summed E-state index contributed by atoms with van der Waals surface area (Å²) in [4.78, 5) is 0. The molecule has 0 saturated carbocycles. The van der Waals surface area contributed by atoms with Crippen molar-refractivity contribution in [3.05, 3.63) is 210 Å². The van der Waals surface area contributed by atoms with E-state index in [0.717, 1.165) is 0 Å². The first-order valence-corrected chi connectivity index (χ1v) is 20.5. The zero-order chi connectivity index (χ0) is 37.4. The van der Waals surface area contributed by atoms with Gasteiger partial charge in [0, 0.05) is 38.6 Å². The Morgan fingerprint density at radius 3 is 1.81 bits per heavy atom. The Morgan fingerprint density at radius 1 is 0.414 bits per heavy atom. The highest BCUT2D eigenvalue weighted by molar-refractivity contribution is 7.00. The molecule has 0 saturated heterocycles. The van der Waals surface area contributed by atoms with Crippen molar-refractivity contribution >= 4 is 66.6 Å². The Balaban J connectivity index is 1.22. The molecular formula is C55H31BN2. The number of aromatic nitrogens is 2. The molecular weight excluding hydrogens is 699 g/mol. The van der Waals surface area contributed by atoms with Gasteiger partial charge in [-0.3, -0.25) is 0 Å². The molecule has 2 aromatic heterocycles. The monoisotopic (exact) mass is 730 g/mol. The molecule has 1 spiro atoms. The molecule has 3 heteroatoms. The Morgan fingerprint density at radius 2 is 1.03 bits per heavy atom. The lowest BCUT2D eigenvalue weighted by atomic mass is 9.33. The van der Waals surface area contributed by atoms with E-state index in [-0.39, 0.29) is 6.71 Å². The minimum atomic E-state index is -0.476. The summed E-state index contributed by atoms with van der Waals surface area (Å²) in [6.07, 6.45) is 0. The van der Waals surface area contributed by atoms with E-state index in [4.69, 9.17) is 0 Å². The first-order chi connectivity index (χ1) is 28.8. The average Bonchev–Trinajstić information content (AvgIpc) is 3.93. The van der Waals surface area contributed by atoms with Gasteiger partial charge in [0.15, 0.2) is 0 Å². The lowest BCUT2D eigenvalue weighted by molar-refractivity contribution is 0.749. The molecule has 1 aliphatic carbocycles. The number of nitrogens with zero attached hydrogens (tertiary/aromatic N) is 2. The average molecular weight is 731 g/mol. The summed E-state index contributed by atoms with van der Waals surface area (Å²) in [6.45, 7) is 0.0395. The van der Waals surface area contributed by atoms with E-state index in [1.807, 2.05) is 0 Å². The van der Waals surface area contributed by atoms with Crippen molar-refractivity contribution in [2.75, 3.05) is 0 Å². The van der Waals surface area contributed by atoms with Crippen LogP contribution in [-0.2, 0) is 5.41 Å². The van der Waals surface area contributed by atoms with Crippen LogP contribution in [0.15, 0.2) is 188 Å². The zero-order valence-electron chi connectivity index (χ0n) is 31.4. The molecule has 0 unspecified atom stereocenters. The highest BCUT2D eigenvalue weighted by Crippen LogP contribution is 2.61. The normalized spacial score (nSPS) is 14.3. The number of hydrogen-bond acceptors (Lipinski definition) is 0. The molecule has 0 amide bonds. The summed E-state index contributed by atoms with van der Waals surface area (Å²) in [5.41, 5.74) is 23.5. The van der Waals surface area contributed by atoms with Gasteiger partial charge in [-0.1, -0.05) is 182 Å². The van der Waals surface area contributed by atoms with Gasteiger partial charge < -0.3 is 9.13 Å². The number of benzene rings is 9. The summed E-state index contributed by atoms with van der Waals surface area (Å²) in [5.74, 6) is 0. The maximum atomic E-state index is 2.70. The van der Waals surface area contributed by atoms with Gasteiger partial charge in [0.25, 0.3) is 6.71 Å². The fourth-order valence-electron chi connectivity index (χ4n) is 12.4. The molecule has 0 bridgehead atoms. The highest BCUT2D eigenvalue weighted by atomic mass is 15.1. The summed E-state index contributed by atoms with van der Waals surface area (Å²) < 4.78 is 5.36. The van der Waals surface area contributed by atoms with Crippen LogP contribution in [0.4, 0.5) is 0 Å². The maximum absolute atomic E-state index is 2.70. The van der Waals surface area contributed by atoms with Crippen LogP contribution >= 0.6 is 0 Å². The molecule has 5 heterocycles. The van der Waals surface area contributed by atoms with Gasteiger partial charge in [-0.15, -0.1) is 0 Å². The molecule has 0 fully saturated rings. The number of fused-ring (bicyclic) bond motifs is 13. The van der Waals surface area contributed by atoms with Crippen LogP contribution in [-0.4, -0.2) is 15.8 Å². The van der Waals surface area contributed by atoms with Crippen LogP contribution in [0.3, 0.4) is 0 Å². The first kappa shape index (κ1) is 29.9. The Kier molecular flexibility index (Phi) is 5.22. The third kappa shape index (κ3) is 3.17. The third-order valence-electron chi connectivity index (χ3n) is 14.3. The molecule has 0 N–H and O–H groups in total. The van der Waals surface area contributed by atoms with Crippen molar-refractivity contribution in [3.8, 4) is 44.9 Å².